The highest BCUT2D eigenvalue weighted by Gasteiger charge is 2.11. The van der Waals surface area contributed by atoms with E-state index in [9.17, 15) is 10.0 Å². The molecule has 2 aromatic carbocycles. The summed E-state index contributed by atoms with van der Waals surface area (Å²) in [4.78, 5) is 12.0. The topological polar surface area (TPSA) is 42.2 Å². The third-order valence-corrected chi connectivity index (χ3v) is 3.27. The summed E-state index contributed by atoms with van der Waals surface area (Å²) in [6.45, 7) is 1.71. The van der Waals surface area contributed by atoms with Crippen molar-refractivity contribution in [3.8, 4) is 11.1 Å². The summed E-state index contributed by atoms with van der Waals surface area (Å²) in [5.41, 5.74) is 2.83. The number of rotatable bonds is 1. The zero-order valence-corrected chi connectivity index (χ0v) is 10.5. The van der Waals surface area contributed by atoms with Gasteiger partial charge in [0.15, 0.2) is 5.43 Å². The van der Waals surface area contributed by atoms with Gasteiger partial charge in [0.1, 0.15) is 0 Å². The molecule has 0 aliphatic carbocycles. The van der Waals surface area contributed by atoms with Crippen LogP contribution in [0.3, 0.4) is 0 Å². The molecule has 3 aromatic rings. The fourth-order valence-corrected chi connectivity index (χ4v) is 2.33. The Morgan fingerprint density at radius 3 is 2.47 bits per heavy atom. The largest absolute Gasteiger partial charge is 0.428 e. The van der Waals surface area contributed by atoms with Gasteiger partial charge in [0, 0.05) is 17.0 Å². The number of aromatic nitrogens is 1. The van der Waals surface area contributed by atoms with Gasteiger partial charge in [-0.3, -0.25) is 4.79 Å². The number of hydrogen-bond donors (Lipinski definition) is 1. The Hall–Kier alpha value is -2.55. The molecule has 1 aromatic heterocycles. The summed E-state index contributed by atoms with van der Waals surface area (Å²) >= 11 is 0. The maximum absolute atomic E-state index is 12.0. The van der Waals surface area contributed by atoms with Crippen LogP contribution in [0.5, 0.6) is 0 Å². The Bertz CT molecular complexity index is 804. The van der Waals surface area contributed by atoms with Crippen molar-refractivity contribution in [1.82, 2.24) is 4.73 Å². The Kier molecular flexibility index (Phi) is 2.60. The van der Waals surface area contributed by atoms with E-state index >= 15 is 0 Å². The van der Waals surface area contributed by atoms with E-state index in [4.69, 9.17) is 0 Å². The Morgan fingerprint density at radius 2 is 1.74 bits per heavy atom. The second-order valence-electron chi connectivity index (χ2n) is 4.53. The quantitative estimate of drug-likeness (QED) is 0.675. The third kappa shape index (κ3) is 1.80. The van der Waals surface area contributed by atoms with Gasteiger partial charge in [-0.25, -0.2) is 0 Å². The van der Waals surface area contributed by atoms with Crippen molar-refractivity contribution in [3.63, 3.8) is 0 Å². The van der Waals surface area contributed by atoms with E-state index in [0.717, 1.165) is 15.9 Å². The number of fused-ring (bicyclic) bond motifs is 1. The number of nitrogens with zero attached hydrogens (tertiary/aromatic N) is 1. The van der Waals surface area contributed by atoms with E-state index in [1.165, 1.54) is 6.07 Å². The molecule has 0 bridgehead atoms. The fraction of sp³-hybridized carbons (Fsp3) is 0.0625. The molecule has 0 unspecified atom stereocenters. The van der Waals surface area contributed by atoms with Gasteiger partial charge in [-0.2, -0.15) is 4.73 Å². The van der Waals surface area contributed by atoms with Crippen molar-refractivity contribution < 1.29 is 5.21 Å². The van der Waals surface area contributed by atoms with Gasteiger partial charge < -0.3 is 5.21 Å². The SMILES string of the molecule is Cc1cc(=O)c2cccc(-c3ccccc3)c2n1O. The number of para-hydroxylation sites is 1. The van der Waals surface area contributed by atoms with Crippen LogP contribution in [-0.4, -0.2) is 9.94 Å². The van der Waals surface area contributed by atoms with Crippen molar-refractivity contribution in [1.29, 1.82) is 0 Å². The van der Waals surface area contributed by atoms with E-state index in [0.29, 0.717) is 16.6 Å². The molecule has 0 atom stereocenters. The first-order valence-electron chi connectivity index (χ1n) is 6.08. The molecule has 0 aliphatic rings. The van der Waals surface area contributed by atoms with Gasteiger partial charge in [0.2, 0.25) is 0 Å². The van der Waals surface area contributed by atoms with E-state index in [-0.39, 0.29) is 5.43 Å². The van der Waals surface area contributed by atoms with Crippen LogP contribution in [0.4, 0.5) is 0 Å². The lowest BCUT2D eigenvalue weighted by Gasteiger charge is -2.11. The Balaban J connectivity index is 2.48. The van der Waals surface area contributed by atoms with Gasteiger partial charge >= 0.3 is 0 Å². The van der Waals surface area contributed by atoms with Crippen molar-refractivity contribution in [2.75, 3.05) is 0 Å². The minimum Gasteiger partial charge on any atom is -0.428 e. The second-order valence-corrected chi connectivity index (χ2v) is 4.53. The lowest BCUT2D eigenvalue weighted by atomic mass is 10.0. The van der Waals surface area contributed by atoms with E-state index in [1.807, 2.05) is 42.5 Å². The van der Waals surface area contributed by atoms with Crippen molar-refractivity contribution in [2.45, 2.75) is 6.92 Å². The standard InChI is InChI=1S/C16H13NO2/c1-11-10-15(18)14-9-5-8-13(16(14)17(11)19)12-6-3-2-4-7-12/h2-10,19H,1H3. The first-order chi connectivity index (χ1) is 9.18. The summed E-state index contributed by atoms with van der Waals surface area (Å²) in [7, 11) is 0. The zero-order valence-electron chi connectivity index (χ0n) is 10.5. The Labute approximate surface area is 110 Å². The molecule has 3 rings (SSSR count). The number of pyridine rings is 1. The van der Waals surface area contributed by atoms with Crippen molar-refractivity contribution in [2.24, 2.45) is 0 Å². The minimum atomic E-state index is -0.0735. The average Bonchev–Trinajstić information content (AvgIpc) is 2.45. The molecule has 0 radical (unpaired) electrons. The van der Waals surface area contributed by atoms with Gasteiger partial charge in [0.25, 0.3) is 0 Å². The summed E-state index contributed by atoms with van der Waals surface area (Å²) in [6, 6.07) is 16.6. The molecule has 0 fully saturated rings. The normalized spacial score (nSPS) is 10.8. The predicted octanol–water partition coefficient (Wildman–Crippen LogP) is 3.21. The van der Waals surface area contributed by atoms with Crippen molar-refractivity contribution in [3.05, 3.63) is 70.5 Å². The summed E-state index contributed by atoms with van der Waals surface area (Å²) in [6.07, 6.45) is 0. The van der Waals surface area contributed by atoms with Crippen LogP contribution < -0.4 is 5.43 Å². The highest BCUT2D eigenvalue weighted by molar-refractivity contribution is 5.93. The summed E-state index contributed by atoms with van der Waals surface area (Å²) < 4.78 is 1.08. The van der Waals surface area contributed by atoms with E-state index in [2.05, 4.69) is 0 Å². The second kappa shape index (κ2) is 4.28. The minimum absolute atomic E-state index is 0.0735. The van der Waals surface area contributed by atoms with Crippen LogP contribution in [0.15, 0.2) is 59.4 Å². The van der Waals surface area contributed by atoms with Gasteiger partial charge in [0.05, 0.1) is 11.2 Å². The monoisotopic (exact) mass is 251 g/mol. The van der Waals surface area contributed by atoms with Gasteiger partial charge in [-0.05, 0) is 18.6 Å². The number of hydrogen-bond acceptors (Lipinski definition) is 2. The molecule has 1 heterocycles. The van der Waals surface area contributed by atoms with Crippen LogP contribution in [0.2, 0.25) is 0 Å². The maximum Gasteiger partial charge on any atom is 0.189 e. The van der Waals surface area contributed by atoms with Crippen LogP contribution in [0.1, 0.15) is 5.69 Å². The van der Waals surface area contributed by atoms with Gasteiger partial charge in [-0.1, -0.05) is 42.5 Å². The molecular formula is C16H13NO2. The molecular weight excluding hydrogens is 238 g/mol. The molecule has 0 amide bonds. The zero-order chi connectivity index (χ0) is 13.4. The molecule has 19 heavy (non-hydrogen) atoms. The maximum atomic E-state index is 12.0. The highest BCUT2D eigenvalue weighted by atomic mass is 16.5. The van der Waals surface area contributed by atoms with E-state index in [1.54, 1.807) is 13.0 Å². The van der Waals surface area contributed by atoms with Crippen molar-refractivity contribution >= 4 is 10.9 Å². The van der Waals surface area contributed by atoms with Crippen LogP contribution in [0, 0.1) is 6.92 Å². The smallest absolute Gasteiger partial charge is 0.189 e. The molecule has 3 nitrogen and oxygen atoms in total. The van der Waals surface area contributed by atoms with Crippen LogP contribution in [0.25, 0.3) is 22.0 Å². The first kappa shape index (κ1) is 11.5. The van der Waals surface area contributed by atoms with Gasteiger partial charge in [-0.15, -0.1) is 0 Å². The average molecular weight is 251 g/mol. The molecule has 1 N–H and O–H groups in total. The number of benzene rings is 2. The Morgan fingerprint density at radius 1 is 1.00 bits per heavy atom. The predicted molar refractivity (Wildman–Crippen MR) is 75.6 cm³/mol. The summed E-state index contributed by atoms with van der Waals surface area (Å²) in [5.74, 6) is 0. The van der Waals surface area contributed by atoms with Crippen LogP contribution >= 0.6 is 0 Å². The lowest BCUT2D eigenvalue weighted by molar-refractivity contribution is 0.191. The first-order valence-corrected chi connectivity index (χ1v) is 6.08. The number of aryl methyl sites for hydroxylation is 1. The molecule has 0 saturated heterocycles. The molecule has 0 aliphatic heterocycles. The highest BCUT2D eigenvalue weighted by Crippen LogP contribution is 2.27. The van der Waals surface area contributed by atoms with Crippen LogP contribution in [-0.2, 0) is 0 Å². The molecule has 3 heteroatoms. The fourth-order valence-electron chi connectivity index (χ4n) is 2.33. The van der Waals surface area contributed by atoms with E-state index < -0.39 is 0 Å². The summed E-state index contributed by atoms with van der Waals surface area (Å²) in [5, 5.41) is 10.7. The molecule has 0 spiro atoms. The molecule has 94 valence electrons. The third-order valence-electron chi connectivity index (χ3n) is 3.27. The lowest BCUT2D eigenvalue weighted by Crippen LogP contribution is -2.10. The molecule has 0 saturated carbocycles.